The molecule has 2 heterocycles. The number of aliphatic hydroxyl groups excluding tert-OH is 1. The summed E-state index contributed by atoms with van der Waals surface area (Å²) >= 11 is 3.18. The highest BCUT2D eigenvalue weighted by Gasteiger charge is 2.09. The van der Waals surface area contributed by atoms with Gasteiger partial charge in [0.1, 0.15) is 5.01 Å². The van der Waals surface area contributed by atoms with Gasteiger partial charge in [0.05, 0.1) is 23.1 Å². The number of carbonyl (C=O) groups excluding carboxylic acids is 1. The summed E-state index contributed by atoms with van der Waals surface area (Å²) in [5.74, 6) is -0.112. The van der Waals surface area contributed by atoms with Crippen LogP contribution < -0.4 is 5.32 Å². The van der Waals surface area contributed by atoms with Crippen molar-refractivity contribution < 1.29 is 9.90 Å². The third-order valence-electron chi connectivity index (χ3n) is 2.22. The number of aliphatic hydroxyl groups is 1. The molecule has 0 spiro atoms. The summed E-state index contributed by atoms with van der Waals surface area (Å²) in [6.45, 7) is 1.92. The molecule has 1 amide bonds. The zero-order valence-electron chi connectivity index (χ0n) is 9.92. The van der Waals surface area contributed by atoms with Crippen molar-refractivity contribution in [2.75, 3.05) is 6.54 Å². The maximum atomic E-state index is 11.6. The Bertz CT molecular complexity index is 506. The Hall–Kier alpha value is -1.24. The molecule has 0 radical (unpaired) electrons. The lowest BCUT2D eigenvalue weighted by Gasteiger charge is -2.05. The van der Waals surface area contributed by atoms with Gasteiger partial charge < -0.3 is 10.4 Å². The standard InChI is InChI=1S/C12H14N2O2S2/c1-8(15)6-13-11(16)5-9-7-18-12(14-9)10-3-2-4-17-10/h2-4,7-8,15H,5-6H2,1H3,(H,13,16)/t8-/m1/s1. The van der Waals surface area contributed by atoms with E-state index in [1.165, 1.54) is 0 Å². The monoisotopic (exact) mass is 282 g/mol. The van der Waals surface area contributed by atoms with E-state index in [1.54, 1.807) is 29.6 Å². The third-order valence-corrected chi connectivity index (χ3v) is 4.15. The fraction of sp³-hybridized carbons (Fsp3) is 0.333. The molecule has 0 aromatic carbocycles. The molecule has 96 valence electrons. The summed E-state index contributed by atoms with van der Waals surface area (Å²) in [6, 6.07) is 4.00. The van der Waals surface area contributed by atoms with Gasteiger partial charge in [-0.3, -0.25) is 4.79 Å². The van der Waals surface area contributed by atoms with Crippen molar-refractivity contribution in [3.63, 3.8) is 0 Å². The molecule has 0 unspecified atom stereocenters. The van der Waals surface area contributed by atoms with Crippen LogP contribution in [0, 0.1) is 0 Å². The van der Waals surface area contributed by atoms with Gasteiger partial charge >= 0.3 is 0 Å². The number of nitrogens with zero attached hydrogens (tertiary/aromatic N) is 1. The Morgan fingerprint density at radius 1 is 1.56 bits per heavy atom. The van der Waals surface area contributed by atoms with Crippen molar-refractivity contribution in [1.29, 1.82) is 0 Å². The van der Waals surface area contributed by atoms with Gasteiger partial charge in [0, 0.05) is 11.9 Å². The van der Waals surface area contributed by atoms with E-state index in [9.17, 15) is 4.79 Å². The first-order valence-corrected chi connectivity index (χ1v) is 7.34. The summed E-state index contributed by atoms with van der Waals surface area (Å²) in [4.78, 5) is 17.1. The van der Waals surface area contributed by atoms with Gasteiger partial charge in [-0.15, -0.1) is 22.7 Å². The van der Waals surface area contributed by atoms with Crippen molar-refractivity contribution in [3.8, 4) is 9.88 Å². The van der Waals surface area contributed by atoms with Gasteiger partial charge in [0.25, 0.3) is 0 Å². The highest BCUT2D eigenvalue weighted by atomic mass is 32.1. The Balaban J connectivity index is 1.93. The summed E-state index contributed by atoms with van der Waals surface area (Å²) in [5, 5.41) is 16.6. The molecule has 1 atom stereocenters. The number of hydrogen-bond donors (Lipinski definition) is 2. The molecule has 2 aromatic heterocycles. The molecule has 0 saturated heterocycles. The molecule has 2 N–H and O–H groups in total. The molecule has 0 saturated carbocycles. The van der Waals surface area contributed by atoms with Crippen molar-refractivity contribution in [2.45, 2.75) is 19.4 Å². The summed E-state index contributed by atoms with van der Waals surface area (Å²) in [5.41, 5.74) is 0.770. The second-order valence-corrected chi connectivity index (χ2v) is 5.76. The van der Waals surface area contributed by atoms with Crippen molar-refractivity contribution in [3.05, 3.63) is 28.6 Å². The Morgan fingerprint density at radius 2 is 2.39 bits per heavy atom. The lowest BCUT2D eigenvalue weighted by atomic mass is 10.3. The van der Waals surface area contributed by atoms with E-state index in [1.807, 2.05) is 22.9 Å². The smallest absolute Gasteiger partial charge is 0.226 e. The summed E-state index contributed by atoms with van der Waals surface area (Å²) in [7, 11) is 0. The van der Waals surface area contributed by atoms with E-state index >= 15 is 0 Å². The zero-order valence-corrected chi connectivity index (χ0v) is 11.6. The van der Waals surface area contributed by atoms with E-state index in [0.29, 0.717) is 0 Å². The first kappa shape index (κ1) is 13.2. The molecule has 2 aromatic rings. The minimum atomic E-state index is -0.522. The maximum Gasteiger partial charge on any atom is 0.226 e. The average Bonchev–Trinajstić information content (AvgIpc) is 2.95. The van der Waals surface area contributed by atoms with Crippen LogP contribution in [-0.4, -0.2) is 28.6 Å². The van der Waals surface area contributed by atoms with Crippen molar-refractivity contribution in [2.24, 2.45) is 0 Å². The molecule has 0 aliphatic carbocycles. The largest absolute Gasteiger partial charge is 0.392 e. The Morgan fingerprint density at radius 3 is 3.06 bits per heavy atom. The molecule has 2 rings (SSSR count). The van der Waals surface area contributed by atoms with Crippen LogP contribution in [0.2, 0.25) is 0 Å². The van der Waals surface area contributed by atoms with Gasteiger partial charge in [-0.1, -0.05) is 6.07 Å². The van der Waals surface area contributed by atoms with Crippen LogP contribution in [0.5, 0.6) is 0 Å². The van der Waals surface area contributed by atoms with Crippen LogP contribution in [-0.2, 0) is 11.2 Å². The molecular formula is C12H14N2O2S2. The van der Waals surface area contributed by atoms with Gasteiger partial charge in [-0.2, -0.15) is 0 Å². The Labute approximate surface area is 113 Å². The normalized spacial score (nSPS) is 12.3. The second kappa shape index (κ2) is 6.08. The molecular weight excluding hydrogens is 268 g/mol. The van der Waals surface area contributed by atoms with Gasteiger partial charge in [0.15, 0.2) is 0 Å². The molecule has 0 bridgehead atoms. The number of amides is 1. The van der Waals surface area contributed by atoms with Gasteiger partial charge in [-0.05, 0) is 18.4 Å². The van der Waals surface area contributed by atoms with E-state index in [-0.39, 0.29) is 18.9 Å². The predicted molar refractivity (Wildman–Crippen MR) is 73.8 cm³/mol. The van der Waals surface area contributed by atoms with Crippen molar-refractivity contribution >= 4 is 28.6 Å². The minimum absolute atomic E-state index is 0.112. The van der Waals surface area contributed by atoms with Gasteiger partial charge in [-0.25, -0.2) is 4.98 Å². The number of thiazole rings is 1. The second-order valence-electron chi connectivity index (χ2n) is 3.95. The van der Waals surface area contributed by atoms with Gasteiger partial charge in [0.2, 0.25) is 5.91 Å². The molecule has 0 fully saturated rings. The molecule has 0 aliphatic rings. The van der Waals surface area contributed by atoms with E-state index in [0.717, 1.165) is 15.6 Å². The lowest BCUT2D eigenvalue weighted by Crippen LogP contribution is -2.31. The number of aromatic nitrogens is 1. The highest BCUT2D eigenvalue weighted by Crippen LogP contribution is 2.27. The minimum Gasteiger partial charge on any atom is -0.392 e. The maximum absolute atomic E-state index is 11.6. The Kier molecular flexibility index (Phi) is 4.46. The number of rotatable bonds is 5. The highest BCUT2D eigenvalue weighted by molar-refractivity contribution is 7.20. The molecule has 18 heavy (non-hydrogen) atoms. The van der Waals surface area contributed by atoms with Crippen LogP contribution >= 0.6 is 22.7 Å². The first-order chi connectivity index (χ1) is 8.65. The van der Waals surface area contributed by atoms with E-state index in [2.05, 4.69) is 10.3 Å². The lowest BCUT2D eigenvalue weighted by molar-refractivity contribution is -0.120. The first-order valence-electron chi connectivity index (χ1n) is 5.58. The number of carbonyl (C=O) groups is 1. The fourth-order valence-electron chi connectivity index (χ4n) is 1.39. The summed E-state index contributed by atoms with van der Waals surface area (Å²) in [6.07, 6.45) is -0.264. The van der Waals surface area contributed by atoms with Crippen LogP contribution in [0.25, 0.3) is 9.88 Å². The van der Waals surface area contributed by atoms with Crippen LogP contribution in [0.1, 0.15) is 12.6 Å². The topological polar surface area (TPSA) is 62.2 Å². The molecule has 0 aliphatic heterocycles. The number of thiophene rings is 1. The average molecular weight is 282 g/mol. The zero-order chi connectivity index (χ0) is 13.0. The van der Waals surface area contributed by atoms with Crippen LogP contribution in [0.3, 0.4) is 0 Å². The quantitative estimate of drug-likeness (QED) is 0.880. The predicted octanol–water partition coefficient (Wildman–Crippen LogP) is 1.91. The SMILES string of the molecule is C[C@@H](O)CNC(=O)Cc1csc(-c2cccs2)n1. The van der Waals surface area contributed by atoms with Crippen molar-refractivity contribution in [1.82, 2.24) is 10.3 Å². The van der Waals surface area contributed by atoms with E-state index in [4.69, 9.17) is 5.11 Å². The van der Waals surface area contributed by atoms with E-state index < -0.39 is 6.10 Å². The molecule has 4 nitrogen and oxygen atoms in total. The summed E-state index contributed by atoms with van der Waals surface area (Å²) < 4.78 is 0. The number of hydrogen-bond acceptors (Lipinski definition) is 5. The fourth-order valence-corrected chi connectivity index (χ4v) is 3.02. The number of nitrogens with one attached hydrogen (secondary N) is 1. The van der Waals surface area contributed by atoms with Crippen LogP contribution in [0.4, 0.5) is 0 Å². The molecule has 6 heteroatoms. The van der Waals surface area contributed by atoms with Crippen LogP contribution in [0.15, 0.2) is 22.9 Å². The third kappa shape index (κ3) is 3.63.